The molecule has 0 saturated carbocycles. The third-order valence-electron chi connectivity index (χ3n) is 1.56. The van der Waals surface area contributed by atoms with Gasteiger partial charge in [0.2, 0.25) is 0 Å². The summed E-state index contributed by atoms with van der Waals surface area (Å²) in [6.07, 6.45) is 0. The smallest absolute Gasteiger partial charge is 0.273 e. The van der Waals surface area contributed by atoms with Crippen LogP contribution >= 0.6 is 46.4 Å². The van der Waals surface area contributed by atoms with Crippen molar-refractivity contribution in [1.82, 2.24) is 4.90 Å². The van der Waals surface area contributed by atoms with Gasteiger partial charge >= 0.3 is 0 Å². The van der Waals surface area contributed by atoms with E-state index in [1.807, 2.05) is 0 Å². The highest BCUT2D eigenvalue weighted by atomic mass is 35.6. The molecule has 86 valence electrons. The topological polar surface area (TPSA) is 20.3 Å². The molecular weight excluding hydrogens is 268 g/mol. The van der Waals surface area contributed by atoms with E-state index in [0.29, 0.717) is 0 Å². The molecule has 0 N–H and O–H groups in total. The molecule has 0 aromatic heterocycles. The number of hydrogen-bond donors (Lipinski definition) is 0. The second-order valence-corrected chi connectivity index (χ2v) is 5.02. The molecule has 0 aliphatic heterocycles. The number of rotatable bonds is 3. The fourth-order valence-electron chi connectivity index (χ4n) is 0.671. The van der Waals surface area contributed by atoms with Gasteiger partial charge in [-0.2, -0.15) is 0 Å². The van der Waals surface area contributed by atoms with E-state index in [1.54, 1.807) is 0 Å². The molecule has 0 aliphatic rings. The van der Waals surface area contributed by atoms with Crippen LogP contribution in [0, 0.1) is 0 Å². The summed E-state index contributed by atoms with van der Waals surface area (Å²) in [6.45, 7) is 10.1. The van der Waals surface area contributed by atoms with Crippen LogP contribution in [0.4, 0.5) is 0 Å². The Morgan fingerprint density at radius 2 is 1.29 bits per heavy atom. The molecule has 0 unspecified atom stereocenters. The first-order valence-electron chi connectivity index (χ1n) is 4.28. The van der Waals surface area contributed by atoms with Crippen molar-refractivity contribution in [3.05, 3.63) is 0 Å². The van der Waals surface area contributed by atoms with Gasteiger partial charge in [0, 0.05) is 0 Å². The van der Waals surface area contributed by atoms with Gasteiger partial charge in [-0.1, -0.05) is 55.6 Å². The maximum atomic E-state index is 9.83. The molecule has 0 saturated heterocycles. The van der Waals surface area contributed by atoms with E-state index >= 15 is 0 Å². The number of nitrogens with zero attached hydrogens (tertiary/aromatic N) is 1. The lowest BCUT2D eigenvalue weighted by atomic mass is 10.5. The molecule has 0 aliphatic carbocycles. The normalized spacial score (nSPS) is 10.9. The Morgan fingerprint density at radius 1 is 1.07 bits per heavy atom. The highest BCUT2D eigenvalue weighted by Gasteiger charge is 2.27. The van der Waals surface area contributed by atoms with Crippen LogP contribution in [0.15, 0.2) is 0 Å². The van der Waals surface area contributed by atoms with Gasteiger partial charge in [-0.15, -0.1) is 0 Å². The van der Waals surface area contributed by atoms with Crippen molar-refractivity contribution >= 4 is 51.6 Å². The second-order valence-electron chi connectivity index (χ2n) is 2.39. The zero-order valence-corrected chi connectivity index (χ0v) is 11.5. The first-order valence-corrected chi connectivity index (χ1v) is 5.79. The van der Waals surface area contributed by atoms with E-state index in [-0.39, 0.29) is 0 Å². The average molecular weight is 283 g/mol. The molecule has 0 fully saturated rings. The van der Waals surface area contributed by atoms with E-state index in [0.717, 1.165) is 0 Å². The van der Waals surface area contributed by atoms with Crippen LogP contribution in [0.1, 0.15) is 20.8 Å². The van der Waals surface area contributed by atoms with Crippen molar-refractivity contribution in [2.75, 3.05) is 19.6 Å². The molecule has 0 aromatic carbocycles. The Kier molecular flexibility index (Phi) is 11.1. The number of halogens is 4. The van der Waals surface area contributed by atoms with Crippen LogP contribution in [-0.4, -0.2) is 33.6 Å². The van der Waals surface area contributed by atoms with Crippen LogP contribution in [0.2, 0.25) is 0 Å². The van der Waals surface area contributed by atoms with Crippen molar-refractivity contribution in [2.45, 2.75) is 24.6 Å². The summed E-state index contributed by atoms with van der Waals surface area (Å²) in [6, 6.07) is 0. The van der Waals surface area contributed by atoms with Crippen molar-refractivity contribution < 1.29 is 4.79 Å². The molecule has 0 rings (SSSR count). The van der Waals surface area contributed by atoms with Gasteiger partial charge in [0.1, 0.15) is 0 Å². The first-order chi connectivity index (χ1) is 6.29. The maximum absolute atomic E-state index is 9.83. The largest absolute Gasteiger partial charge is 0.304 e. The Hall–Kier alpha value is 0.790. The first kappa shape index (κ1) is 17.2. The molecule has 0 amide bonds. The highest BCUT2D eigenvalue weighted by molar-refractivity contribution is 6.88. The van der Waals surface area contributed by atoms with Crippen LogP contribution in [0.3, 0.4) is 0 Å². The zero-order chi connectivity index (χ0) is 11.8. The number of carbonyl (C=O) groups is 1. The summed E-state index contributed by atoms with van der Waals surface area (Å²) in [5.74, 6) is 0. The molecule has 14 heavy (non-hydrogen) atoms. The predicted octanol–water partition coefficient (Wildman–Crippen LogP) is 3.47. The van der Waals surface area contributed by atoms with E-state index in [2.05, 4.69) is 25.7 Å². The lowest BCUT2D eigenvalue weighted by molar-refractivity contribution is -0.110. The van der Waals surface area contributed by atoms with Gasteiger partial charge < -0.3 is 4.90 Å². The minimum absolute atomic E-state index is 0.988. The minimum atomic E-state index is -1.96. The van der Waals surface area contributed by atoms with Crippen LogP contribution in [0.25, 0.3) is 0 Å². The zero-order valence-electron chi connectivity index (χ0n) is 8.49. The summed E-state index contributed by atoms with van der Waals surface area (Å²) in [5.41, 5.74) is 0. The maximum Gasteiger partial charge on any atom is 0.273 e. The second kappa shape index (κ2) is 9.05. The number of alkyl halides is 3. The minimum Gasteiger partial charge on any atom is -0.304 e. The van der Waals surface area contributed by atoms with E-state index in [9.17, 15) is 4.79 Å². The van der Waals surface area contributed by atoms with Crippen LogP contribution in [0.5, 0.6) is 0 Å². The monoisotopic (exact) mass is 281 g/mol. The van der Waals surface area contributed by atoms with Gasteiger partial charge in [0.25, 0.3) is 9.03 Å². The molecule has 0 bridgehead atoms. The molecule has 0 spiro atoms. The Bertz CT molecular complexity index is 148. The molecule has 0 heterocycles. The lowest BCUT2D eigenvalue weighted by Crippen LogP contribution is -2.21. The van der Waals surface area contributed by atoms with Gasteiger partial charge in [-0.05, 0) is 31.2 Å². The van der Waals surface area contributed by atoms with Gasteiger partial charge in [0.05, 0.1) is 0 Å². The van der Waals surface area contributed by atoms with E-state index in [4.69, 9.17) is 46.4 Å². The van der Waals surface area contributed by atoms with Crippen LogP contribution in [-0.2, 0) is 4.79 Å². The predicted molar refractivity (Wildman–Crippen MR) is 64.6 cm³/mol. The number of carbonyl (C=O) groups excluding carboxylic acids is 1. The Morgan fingerprint density at radius 3 is 1.29 bits per heavy atom. The van der Waals surface area contributed by atoms with Crippen molar-refractivity contribution in [3.8, 4) is 0 Å². The van der Waals surface area contributed by atoms with E-state index < -0.39 is 9.03 Å². The summed E-state index contributed by atoms with van der Waals surface area (Å²) < 4.78 is -1.96. The molecule has 0 aromatic rings. The van der Waals surface area contributed by atoms with Crippen molar-refractivity contribution in [2.24, 2.45) is 0 Å². The fourth-order valence-corrected chi connectivity index (χ4v) is 0.671. The quantitative estimate of drug-likeness (QED) is 0.584. The highest BCUT2D eigenvalue weighted by Crippen LogP contribution is 2.28. The summed E-state index contributed by atoms with van der Waals surface area (Å²) >= 11 is 19.5. The number of hydrogen-bond acceptors (Lipinski definition) is 2. The van der Waals surface area contributed by atoms with Crippen molar-refractivity contribution in [3.63, 3.8) is 0 Å². The Labute approximate surface area is 105 Å². The molecule has 0 radical (unpaired) electrons. The molecule has 6 heteroatoms. The lowest BCUT2D eigenvalue weighted by Gasteiger charge is -2.13. The third-order valence-corrected chi connectivity index (χ3v) is 2.65. The summed E-state index contributed by atoms with van der Waals surface area (Å²) in [4.78, 5) is 12.2. The average Bonchev–Trinajstić information content (AvgIpc) is 2.07. The Balaban J connectivity index is 0. The molecular formula is C8H15Cl4NO. The van der Waals surface area contributed by atoms with Crippen molar-refractivity contribution in [1.29, 1.82) is 0 Å². The molecule has 0 atom stereocenters. The summed E-state index contributed by atoms with van der Waals surface area (Å²) in [7, 11) is 0. The SMILES string of the molecule is CCN(CC)CC.O=C(Cl)C(Cl)(Cl)Cl. The summed E-state index contributed by atoms with van der Waals surface area (Å²) in [5, 5.41) is -0.988. The third kappa shape index (κ3) is 10.9. The van der Waals surface area contributed by atoms with Gasteiger partial charge in [-0.3, -0.25) is 4.79 Å². The standard InChI is InChI=1S/C6H15N.C2Cl4O/c1-4-7(5-2)6-3;3-1(7)2(4,5)6/h4-6H2,1-3H3;. The van der Waals surface area contributed by atoms with Gasteiger partial charge in [0.15, 0.2) is 0 Å². The van der Waals surface area contributed by atoms with E-state index in [1.165, 1.54) is 19.6 Å². The van der Waals surface area contributed by atoms with Gasteiger partial charge in [-0.25, -0.2) is 0 Å². The van der Waals surface area contributed by atoms with Crippen LogP contribution < -0.4 is 0 Å². The fraction of sp³-hybridized carbons (Fsp3) is 0.875. The molecule has 2 nitrogen and oxygen atoms in total.